The summed E-state index contributed by atoms with van der Waals surface area (Å²) in [7, 11) is 0. The molecule has 0 bridgehead atoms. The van der Waals surface area contributed by atoms with Gasteiger partial charge in [-0.3, -0.25) is 28.8 Å². The van der Waals surface area contributed by atoms with Crippen LogP contribution in [0.3, 0.4) is 0 Å². The summed E-state index contributed by atoms with van der Waals surface area (Å²) in [4.78, 5) is 90.6. The molecule has 0 fully saturated rings. The largest absolute Gasteiger partial charge is 0.461 e. The molecule has 15 nitrogen and oxygen atoms in total. The number of ether oxygens (including phenoxy) is 2. The Balaban J connectivity index is 2.70. The minimum Gasteiger partial charge on any atom is -0.461 e. The van der Waals surface area contributed by atoms with Gasteiger partial charge in [-0.25, -0.2) is 4.79 Å². The lowest BCUT2D eigenvalue weighted by atomic mass is 9.97. The third-order valence-corrected chi connectivity index (χ3v) is 9.87. The van der Waals surface area contributed by atoms with Crippen molar-refractivity contribution in [3.8, 4) is 0 Å². The van der Waals surface area contributed by atoms with Crippen LogP contribution in [0.1, 0.15) is 134 Å². The van der Waals surface area contributed by atoms with Crippen LogP contribution < -0.4 is 31.9 Å². The number of benzene rings is 1. The van der Waals surface area contributed by atoms with Crippen LogP contribution in [0, 0.1) is 35.5 Å². The molecule has 6 atom stereocenters. The number of nitrogens with one attached hydrogen (secondary N) is 6. The quantitative estimate of drug-likeness (QED) is 0.0645. The van der Waals surface area contributed by atoms with Gasteiger partial charge in [0, 0.05) is 56.5 Å². The molecule has 0 heterocycles. The Bertz CT molecular complexity index is 1540. The number of rotatable bonds is 26. The Kier molecular flexibility index (Phi) is 24.3. The molecule has 15 heteroatoms. The van der Waals surface area contributed by atoms with Gasteiger partial charge in [-0.05, 0) is 62.8 Å². The van der Waals surface area contributed by atoms with Crippen molar-refractivity contribution in [2.45, 2.75) is 165 Å². The van der Waals surface area contributed by atoms with Crippen LogP contribution in [0.4, 0.5) is 4.79 Å². The number of amides is 6. The van der Waals surface area contributed by atoms with Crippen LogP contribution >= 0.6 is 0 Å². The number of carbonyl (C=O) groups is 7. The molecule has 1 aromatic rings. The van der Waals surface area contributed by atoms with Crippen molar-refractivity contribution in [3.63, 3.8) is 0 Å². The lowest BCUT2D eigenvalue weighted by Crippen LogP contribution is -2.48. The SMILES string of the molecule is CC(C)C[C@@H](CC(=O)N[C@H](CC(=O)NC[C@H](C)C(=O)N[C@H](CC(=O)OCc1ccccc1)CC(C)C)C(C)C)NC(=O)[C@@H](C)CNC(=O)C[C@@H](NC(=O)OC(C)(C)C)C(C)C. The van der Waals surface area contributed by atoms with Crippen molar-refractivity contribution >= 4 is 41.6 Å². The van der Waals surface area contributed by atoms with E-state index in [-0.39, 0.29) is 98.6 Å². The Morgan fingerprint density at radius 2 is 1.00 bits per heavy atom. The summed E-state index contributed by atoms with van der Waals surface area (Å²) < 4.78 is 10.8. The number of hydrogen-bond acceptors (Lipinski definition) is 9. The van der Waals surface area contributed by atoms with Gasteiger partial charge in [-0.15, -0.1) is 0 Å². The predicted octanol–water partition coefficient (Wildman–Crippen LogP) is 5.55. The first-order valence-electron chi connectivity index (χ1n) is 22.0. The predicted molar refractivity (Wildman–Crippen MR) is 237 cm³/mol. The number of hydrogen-bond donors (Lipinski definition) is 6. The van der Waals surface area contributed by atoms with Gasteiger partial charge in [0.2, 0.25) is 29.5 Å². The van der Waals surface area contributed by atoms with Crippen LogP contribution in [0.25, 0.3) is 0 Å². The van der Waals surface area contributed by atoms with Gasteiger partial charge in [0.05, 0.1) is 18.3 Å². The van der Waals surface area contributed by atoms with Gasteiger partial charge in [0.15, 0.2) is 0 Å². The fourth-order valence-corrected chi connectivity index (χ4v) is 6.33. The molecule has 0 aliphatic heterocycles. The van der Waals surface area contributed by atoms with Crippen LogP contribution in [0.2, 0.25) is 0 Å². The summed E-state index contributed by atoms with van der Waals surface area (Å²) in [5.41, 5.74) is 0.196. The molecule has 1 rings (SSSR count). The van der Waals surface area contributed by atoms with Gasteiger partial charge >= 0.3 is 12.1 Å². The Morgan fingerprint density at radius 3 is 1.43 bits per heavy atom. The second-order valence-corrected chi connectivity index (χ2v) is 19.0. The van der Waals surface area contributed by atoms with Crippen LogP contribution in [0.15, 0.2) is 30.3 Å². The molecule has 0 saturated heterocycles. The highest BCUT2D eigenvalue weighted by Gasteiger charge is 2.28. The van der Waals surface area contributed by atoms with E-state index in [9.17, 15) is 33.6 Å². The zero-order chi connectivity index (χ0) is 46.4. The molecular formula is C46H78N6O9. The lowest BCUT2D eigenvalue weighted by Gasteiger charge is -2.26. The minimum atomic E-state index is -0.678. The third kappa shape index (κ3) is 25.0. The van der Waals surface area contributed by atoms with Crippen LogP contribution in [-0.4, -0.2) is 84.5 Å². The highest BCUT2D eigenvalue weighted by atomic mass is 16.6. The fourth-order valence-electron chi connectivity index (χ4n) is 6.33. The van der Waals surface area contributed by atoms with Gasteiger partial charge in [0.25, 0.3) is 0 Å². The summed E-state index contributed by atoms with van der Waals surface area (Å²) in [6, 6.07) is 7.49. The molecule has 0 radical (unpaired) electrons. The third-order valence-electron chi connectivity index (χ3n) is 9.87. The van der Waals surface area contributed by atoms with E-state index in [1.54, 1.807) is 34.6 Å². The average molecular weight is 859 g/mol. The van der Waals surface area contributed by atoms with E-state index in [4.69, 9.17) is 9.47 Å². The molecule has 346 valence electrons. The second kappa shape index (κ2) is 27.3. The molecule has 0 aliphatic rings. The monoisotopic (exact) mass is 859 g/mol. The summed E-state index contributed by atoms with van der Waals surface area (Å²) in [5.74, 6) is -2.92. The molecular weight excluding hydrogens is 781 g/mol. The molecule has 0 spiro atoms. The number of carbonyl (C=O) groups excluding carboxylic acids is 7. The van der Waals surface area contributed by atoms with E-state index in [1.807, 2.05) is 85.7 Å². The average Bonchev–Trinajstić information content (AvgIpc) is 3.13. The van der Waals surface area contributed by atoms with Gasteiger partial charge < -0.3 is 41.4 Å². The first-order valence-corrected chi connectivity index (χ1v) is 22.0. The molecule has 6 amide bonds. The van der Waals surface area contributed by atoms with Crippen molar-refractivity contribution in [1.82, 2.24) is 31.9 Å². The first-order chi connectivity index (χ1) is 28.3. The van der Waals surface area contributed by atoms with Gasteiger partial charge in [0.1, 0.15) is 12.2 Å². The van der Waals surface area contributed by atoms with Crippen molar-refractivity contribution in [1.29, 1.82) is 0 Å². The van der Waals surface area contributed by atoms with Crippen molar-refractivity contribution in [3.05, 3.63) is 35.9 Å². The second-order valence-electron chi connectivity index (χ2n) is 19.0. The maximum absolute atomic E-state index is 13.4. The summed E-state index contributed by atoms with van der Waals surface area (Å²) in [5, 5.41) is 17.3. The standard InChI is InChI=1S/C46H78N6O9/c1-28(2)19-35(49-43(57)32(9)25-48-40(54)24-38(31(7)8)52-45(59)61-46(11,12)13)21-41(55)51-37(30(5)6)23-39(53)47-26-33(10)44(58)50-36(20-29(3)4)22-42(56)60-27-34-17-15-14-16-18-34/h14-18,28-33,35-38H,19-27H2,1-13H3,(H,47,53)(H,48,54)(H,49,57)(H,50,58)(H,51,55)(H,52,59)/t32-,33-,35-,36-,37+,38+/m0/s1. The van der Waals surface area contributed by atoms with Gasteiger partial charge in [-0.2, -0.15) is 0 Å². The number of esters is 1. The zero-order valence-electron chi connectivity index (χ0n) is 39.2. The van der Waals surface area contributed by atoms with Crippen molar-refractivity contribution in [2.75, 3.05) is 13.1 Å². The van der Waals surface area contributed by atoms with Gasteiger partial charge in [-0.1, -0.05) is 99.6 Å². The van der Waals surface area contributed by atoms with Crippen LogP contribution in [0.5, 0.6) is 0 Å². The van der Waals surface area contributed by atoms with Crippen LogP contribution in [-0.2, 0) is 44.8 Å². The molecule has 0 saturated carbocycles. The zero-order valence-corrected chi connectivity index (χ0v) is 39.2. The Hall–Kier alpha value is -4.69. The molecule has 1 aromatic carbocycles. The minimum absolute atomic E-state index is 0.00517. The number of alkyl carbamates (subject to hydrolysis) is 1. The Labute approximate surface area is 365 Å². The van der Waals surface area contributed by atoms with Crippen molar-refractivity contribution in [2.24, 2.45) is 35.5 Å². The Morgan fingerprint density at radius 1 is 0.557 bits per heavy atom. The summed E-state index contributed by atoms with van der Waals surface area (Å²) >= 11 is 0. The molecule has 61 heavy (non-hydrogen) atoms. The highest BCUT2D eigenvalue weighted by Crippen LogP contribution is 2.15. The lowest BCUT2D eigenvalue weighted by molar-refractivity contribution is -0.146. The van der Waals surface area contributed by atoms with E-state index < -0.39 is 53.7 Å². The first kappa shape index (κ1) is 54.3. The van der Waals surface area contributed by atoms with E-state index in [1.165, 1.54) is 0 Å². The maximum atomic E-state index is 13.4. The summed E-state index contributed by atoms with van der Waals surface area (Å²) in [6.07, 6.45) is 0.534. The molecule has 0 unspecified atom stereocenters. The highest BCUT2D eigenvalue weighted by molar-refractivity contribution is 5.84. The summed E-state index contributed by atoms with van der Waals surface area (Å²) in [6.45, 7) is 24.5. The molecule has 0 aliphatic carbocycles. The van der Waals surface area contributed by atoms with Crippen molar-refractivity contribution < 1.29 is 43.0 Å². The van der Waals surface area contributed by atoms with E-state index >= 15 is 0 Å². The smallest absolute Gasteiger partial charge is 0.407 e. The topological polar surface area (TPSA) is 210 Å². The molecule has 0 aromatic heterocycles. The van der Waals surface area contributed by atoms with E-state index in [0.717, 1.165) is 5.56 Å². The van der Waals surface area contributed by atoms with E-state index in [0.29, 0.717) is 12.8 Å². The fraction of sp³-hybridized carbons (Fsp3) is 0.717. The maximum Gasteiger partial charge on any atom is 0.407 e. The normalized spacial score (nSPS) is 14.6. The molecule has 6 N–H and O–H groups in total. The van der Waals surface area contributed by atoms with E-state index in [2.05, 4.69) is 31.9 Å².